The Hall–Kier alpha value is -3.56. The fourth-order valence-electron chi connectivity index (χ4n) is 5.53. The Labute approximate surface area is 222 Å². The maximum Gasteiger partial charge on any atom is 0.232 e. The van der Waals surface area contributed by atoms with Crippen LogP contribution in [0.1, 0.15) is 13.8 Å². The maximum absolute atomic E-state index is 13.9. The van der Waals surface area contributed by atoms with Gasteiger partial charge in [-0.3, -0.25) is 0 Å². The molecule has 2 aliphatic heterocycles. The van der Waals surface area contributed by atoms with E-state index in [9.17, 15) is 4.39 Å². The highest BCUT2D eigenvalue weighted by Gasteiger charge is 2.27. The van der Waals surface area contributed by atoms with Crippen LogP contribution in [0.3, 0.4) is 0 Å². The molecule has 6 rings (SSSR count). The predicted molar refractivity (Wildman–Crippen MR) is 149 cm³/mol. The number of hydrogen-bond acceptors (Lipinski definition) is 8. The number of fused-ring (bicyclic) bond motifs is 1. The van der Waals surface area contributed by atoms with Gasteiger partial charge in [-0.1, -0.05) is 26.0 Å². The summed E-state index contributed by atoms with van der Waals surface area (Å²) in [6, 6.07) is 10.7. The molecule has 2 saturated heterocycles. The predicted octanol–water partition coefficient (Wildman–Crippen LogP) is 4.37. The van der Waals surface area contributed by atoms with E-state index in [-0.39, 0.29) is 5.82 Å². The van der Waals surface area contributed by atoms with Crippen molar-refractivity contribution in [3.63, 3.8) is 0 Å². The molecule has 1 aromatic carbocycles. The van der Waals surface area contributed by atoms with Crippen molar-refractivity contribution in [1.29, 1.82) is 0 Å². The second kappa shape index (κ2) is 10.7. The normalized spacial score (nSPS) is 17.4. The van der Waals surface area contributed by atoms with Crippen LogP contribution in [0.5, 0.6) is 0 Å². The smallest absolute Gasteiger partial charge is 0.232 e. The van der Waals surface area contributed by atoms with Gasteiger partial charge in [0.15, 0.2) is 0 Å². The lowest BCUT2D eigenvalue weighted by Crippen LogP contribution is -2.46. The van der Waals surface area contributed by atoms with Crippen LogP contribution in [-0.4, -0.2) is 90.2 Å². The molecule has 0 amide bonds. The van der Waals surface area contributed by atoms with Crippen molar-refractivity contribution < 1.29 is 8.81 Å². The second-order valence-corrected chi connectivity index (χ2v) is 9.94. The fourth-order valence-corrected chi connectivity index (χ4v) is 5.53. The van der Waals surface area contributed by atoms with E-state index in [2.05, 4.69) is 50.6 Å². The minimum atomic E-state index is -0.274. The van der Waals surface area contributed by atoms with Gasteiger partial charge < -0.3 is 24.0 Å². The largest absolute Gasteiger partial charge is 0.437 e. The van der Waals surface area contributed by atoms with Crippen molar-refractivity contribution in [2.24, 2.45) is 0 Å². The number of likely N-dealkylation sites (N-methyl/N-ethyl adjacent to an activating group) is 2. The molecule has 0 saturated carbocycles. The van der Waals surface area contributed by atoms with Crippen molar-refractivity contribution in [3.05, 3.63) is 54.7 Å². The molecule has 2 fully saturated rings. The summed E-state index contributed by atoms with van der Waals surface area (Å²) >= 11 is 0. The topological polar surface area (TPSA) is 64.8 Å². The molecule has 0 N–H and O–H groups in total. The molecule has 4 aromatic rings. The Bertz CT molecular complexity index is 1370. The molecule has 8 nitrogen and oxygen atoms in total. The van der Waals surface area contributed by atoms with E-state index in [0.717, 1.165) is 99.2 Å². The van der Waals surface area contributed by atoms with E-state index in [1.807, 2.05) is 6.20 Å². The van der Waals surface area contributed by atoms with E-state index in [1.165, 1.54) is 12.1 Å². The fraction of sp³-hybridized carbons (Fsp3) is 0.414. The van der Waals surface area contributed by atoms with Crippen LogP contribution in [0.2, 0.25) is 0 Å². The first-order chi connectivity index (χ1) is 18.6. The number of benzene rings is 1. The van der Waals surface area contributed by atoms with Gasteiger partial charge in [0, 0.05) is 69.7 Å². The highest BCUT2D eigenvalue weighted by Crippen LogP contribution is 2.43. The quantitative estimate of drug-likeness (QED) is 0.375. The van der Waals surface area contributed by atoms with Gasteiger partial charge in [-0.15, -0.1) is 0 Å². The van der Waals surface area contributed by atoms with Gasteiger partial charge in [-0.05, 0) is 42.9 Å². The van der Waals surface area contributed by atoms with Gasteiger partial charge in [0.05, 0.1) is 5.39 Å². The summed E-state index contributed by atoms with van der Waals surface area (Å²) in [6.45, 7) is 14.3. The molecule has 0 atom stereocenters. The number of piperazine rings is 2. The highest BCUT2D eigenvalue weighted by molar-refractivity contribution is 6.06. The molecule has 198 valence electrons. The number of furan rings is 1. The van der Waals surface area contributed by atoms with Crippen LogP contribution >= 0.6 is 0 Å². The van der Waals surface area contributed by atoms with Crippen LogP contribution < -0.4 is 9.80 Å². The summed E-state index contributed by atoms with van der Waals surface area (Å²) < 4.78 is 20.3. The molecule has 0 spiro atoms. The number of nitrogens with zero attached hydrogens (tertiary/aromatic N) is 7. The number of rotatable bonds is 6. The number of pyridine rings is 1. The molecule has 0 unspecified atom stereocenters. The van der Waals surface area contributed by atoms with Crippen molar-refractivity contribution in [3.8, 4) is 22.5 Å². The molecule has 0 radical (unpaired) electrons. The Kier molecular flexibility index (Phi) is 6.95. The van der Waals surface area contributed by atoms with E-state index >= 15 is 0 Å². The molecular weight excluding hydrogens is 481 g/mol. The van der Waals surface area contributed by atoms with E-state index in [1.54, 1.807) is 18.5 Å². The summed E-state index contributed by atoms with van der Waals surface area (Å²) in [6.07, 6.45) is 3.45. The minimum absolute atomic E-state index is 0.274. The van der Waals surface area contributed by atoms with Crippen molar-refractivity contribution in [2.45, 2.75) is 13.8 Å². The molecule has 9 heteroatoms. The lowest BCUT2D eigenvalue weighted by Gasteiger charge is -2.35. The number of aromatic nitrogens is 3. The van der Waals surface area contributed by atoms with E-state index in [4.69, 9.17) is 14.4 Å². The lowest BCUT2D eigenvalue weighted by molar-refractivity contribution is 0.270. The summed E-state index contributed by atoms with van der Waals surface area (Å²) in [4.78, 5) is 23.6. The Morgan fingerprint density at radius 3 is 1.97 bits per heavy atom. The van der Waals surface area contributed by atoms with Crippen LogP contribution in [-0.2, 0) is 0 Å². The average Bonchev–Trinajstić information content (AvgIpc) is 3.38. The van der Waals surface area contributed by atoms with E-state index < -0.39 is 0 Å². The third kappa shape index (κ3) is 4.72. The monoisotopic (exact) mass is 515 g/mol. The van der Waals surface area contributed by atoms with Crippen LogP contribution in [0.15, 0.2) is 53.3 Å². The zero-order chi connectivity index (χ0) is 26.1. The van der Waals surface area contributed by atoms with Gasteiger partial charge in [-0.25, -0.2) is 19.3 Å². The third-order valence-corrected chi connectivity index (χ3v) is 7.87. The molecule has 5 heterocycles. The van der Waals surface area contributed by atoms with Gasteiger partial charge in [0.1, 0.15) is 29.5 Å². The van der Waals surface area contributed by atoms with Crippen molar-refractivity contribution >= 4 is 22.7 Å². The summed E-state index contributed by atoms with van der Waals surface area (Å²) in [5.41, 5.74) is 3.13. The molecular formula is C29H34FN7O. The summed E-state index contributed by atoms with van der Waals surface area (Å²) in [7, 11) is 0. The van der Waals surface area contributed by atoms with Gasteiger partial charge in [-0.2, -0.15) is 0 Å². The standard InChI is InChI=1S/C29H34FN7O/c1-3-34-11-15-36(16-12-34)24-10-7-22(19-31-24)27-25(21-5-8-23(30)9-6-21)26-28(32-20-33-29(26)38-27)37-17-13-35(4-2)14-18-37/h5-10,19-20H,3-4,11-18H2,1-2H3. The van der Waals surface area contributed by atoms with Gasteiger partial charge in [0.2, 0.25) is 5.71 Å². The molecule has 0 bridgehead atoms. The maximum atomic E-state index is 13.9. The first-order valence-corrected chi connectivity index (χ1v) is 13.6. The highest BCUT2D eigenvalue weighted by atomic mass is 19.1. The molecule has 2 aliphatic rings. The van der Waals surface area contributed by atoms with Crippen LogP contribution in [0.4, 0.5) is 16.0 Å². The van der Waals surface area contributed by atoms with Crippen molar-refractivity contribution in [1.82, 2.24) is 24.8 Å². The summed E-state index contributed by atoms with van der Waals surface area (Å²) in [5.74, 6) is 2.23. The first kappa shape index (κ1) is 24.8. The zero-order valence-electron chi connectivity index (χ0n) is 22.1. The average molecular weight is 516 g/mol. The van der Waals surface area contributed by atoms with Crippen LogP contribution in [0, 0.1) is 5.82 Å². The number of hydrogen-bond donors (Lipinski definition) is 0. The van der Waals surface area contributed by atoms with Crippen LogP contribution in [0.25, 0.3) is 33.6 Å². The number of anilines is 2. The third-order valence-electron chi connectivity index (χ3n) is 7.87. The molecule has 0 aliphatic carbocycles. The second-order valence-electron chi connectivity index (χ2n) is 9.94. The van der Waals surface area contributed by atoms with E-state index in [0.29, 0.717) is 11.5 Å². The number of halogens is 1. The Balaban J connectivity index is 1.41. The summed E-state index contributed by atoms with van der Waals surface area (Å²) in [5, 5.41) is 0.860. The van der Waals surface area contributed by atoms with Gasteiger partial charge in [0.25, 0.3) is 0 Å². The first-order valence-electron chi connectivity index (χ1n) is 13.6. The Morgan fingerprint density at radius 1 is 0.737 bits per heavy atom. The lowest BCUT2D eigenvalue weighted by atomic mass is 9.99. The molecule has 38 heavy (non-hydrogen) atoms. The van der Waals surface area contributed by atoms with Gasteiger partial charge >= 0.3 is 0 Å². The minimum Gasteiger partial charge on any atom is -0.437 e. The zero-order valence-corrected chi connectivity index (χ0v) is 22.1. The van der Waals surface area contributed by atoms with Crippen molar-refractivity contribution in [2.75, 3.05) is 75.2 Å². The Morgan fingerprint density at radius 2 is 1.37 bits per heavy atom. The molecule has 3 aromatic heterocycles. The SMILES string of the molecule is CCN1CCN(c2ccc(-c3oc4ncnc(N5CCN(CC)CC5)c4c3-c3ccc(F)cc3)cn2)CC1.